The minimum atomic E-state index is 0.194. The fraction of sp³-hybridized carbons (Fsp3) is 0.167. The lowest BCUT2D eigenvalue weighted by Crippen LogP contribution is -2.08. The third-order valence-electron chi connectivity index (χ3n) is 4.06. The fourth-order valence-corrected chi connectivity index (χ4v) is 2.86. The molecule has 23 heavy (non-hydrogen) atoms. The lowest BCUT2D eigenvalue weighted by atomic mass is 10.1. The molecule has 0 amide bonds. The van der Waals surface area contributed by atoms with E-state index in [2.05, 4.69) is 33.6 Å². The number of hydrogen-bond donors (Lipinski definition) is 0. The summed E-state index contributed by atoms with van der Waals surface area (Å²) in [5.74, 6) is 0.878. The second kappa shape index (κ2) is 5.68. The van der Waals surface area contributed by atoms with Crippen molar-refractivity contribution in [3.8, 4) is 5.82 Å². The number of fused-ring (bicyclic) bond motifs is 1. The van der Waals surface area contributed by atoms with Crippen molar-refractivity contribution in [3.05, 3.63) is 73.3 Å². The highest BCUT2D eigenvalue weighted by molar-refractivity contribution is 5.79. The molecular formula is C18H17N5. The smallest absolute Gasteiger partial charge is 0.138 e. The molecule has 0 radical (unpaired) electrons. The van der Waals surface area contributed by atoms with Gasteiger partial charge in [0.2, 0.25) is 0 Å². The SMILES string of the molecule is CCC(c1cn(-c2ccc3ccccc3n2)cn1)n1ccnc1. The fourth-order valence-electron chi connectivity index (χ4n) is 2.86. The first-order valence-corrected chi connectivity index (χ1v) is 7.72. The Hall–Kier alpha value is -2.95. The molecule has 1 aromatic carbocycles. The molecule has 0 saturated heterocycles. The Bertz CT molecular complexity index is 923. The lowest BCUT2D eigenvalue weighted by molar-refractivity contribution is 0.553. The quantitative estimate of drug-likeness (QED) is 0.578. The first-order chi connectivity index (χ1) is 11.3. The summed E-state index contributed by atoms with van der Waals surface area (Å²) < 4.78 is 4.06. The molecule has 4 aromatic rings. The minimum Gasteiger partial charge on any atom is -0.328 e. The molecule has 0 aliphatic heterocycles. The van der Waals surface area contributed by atoms with Gasteiger partial charge in [0.05, 0.1) is 23.6 Å². The molecule has 0 fully saturated rings. The van der Waals surface area contributed by atoms with Crippen LogP contribution in [0, 0.1) is 0 Å². The maximum absolute atomic E-state index is 4.71. The largest absolute Gasteiger partial charge is 0.328 e. The van der Waals surface area contributed by atoms with Gasteiger partial charge >= 0.3 is 0 Å². The molecule has 3 aromatic heterocycles. The average Bonchev–Trinajstić information content (AvgIpc) is 3.28. The Balaban J connectivity index is 1.71. The zero-order chi connectivity index (χ0) is 15.6. The summed E-state index contributed by atoms with van der Waals surface area (Å²) in [6.45, 7) is 2.15. The van der Waals surface area contributed by atoms with Gasteiger partial charge in [0.15, 0.2) is 0 Å². The Labute approximate surface area is 134 Å². The molecule has 0 spiro atoms. The summed E-state index contributed by atoms with van der Waals surface area (Å²) in [5.41, 5.74) is 2.00. The molecule has 114 valence electrons. The molecule has 5 nitrogen and oxygen atoms in total. The number of imidazole rings is 2. The van der Waals surface area contributed by atoms with Gasteiger partial charge in [-0.05, 0) is 24.6 Å². The molecule has 0 N–H and O–H groups in total. The molecule has 0 bridgehead atoms. The van der Waals surface area contributed by atoms with E-state index in [9.17, 15) is 0 Å². The van der Waals surface area contributed by atoms with Gasteiger partial charge in [-0.15, -0.1) is 0 Å². The van der Waals surface area contributed by atoms with Crippen LogP contribution in [0.4, 0.5) is 0 Å². The van der Waals surface area contributed by atoms with Crippen LogP contribution in [0.25, 0.3) is 16.7 Å². The number of para-hydroxylation sites is 1. The number of hydrogen-bond acceptors (Lipinski definition) is 3. The third-order valence-corrected chi connectivity index (χ3v) is 4.06. The van der Waals surface area contributed by atoms with E-state index >= 15 is 0 Å². The van der Waals surface area contributed by atoms with Crippen LogP contribution in [-0.2, 0) is 0 Å². The van der Waals surface area contributed by atoms with Gasteiger partial charge < -0.3 is 4.57 Å². The minimum absolute atomic E-state index is 0.194. The maximum Gasteiger partial charge on any atom is 0.138 e. The summed E-state index contributed by atoms with van der Waals surface area (Å²) in [6.07, 6.45) is 10.4. The van der Waals surface area contributed by atoms with E-state index in [0.717, 1.165) is 28.8 Å². The summed E-state index contributed by atoms with van der Waals surface area (Å²) in [4.78, 5) is 13.4. The summed E-state index contributed by atoms with van der Waals surface area (Å²) in [5, 5.41) is 1.14. The number of rotatable bonds is 4. The van der Waals surface area contributed by atoms with Crippen molar-refractivity contribution in [1.82, 2.24) is 24.1 Å². The molecule has 3 heterocycles. The van der Waals surface area contributed by atoms with E-state index in [1.807, 2.05) is 53.9 Å². The zero-order valence-electron chi connectivity index (χ0n) is 12.9. The first-order valence-electron chi connectivity index (χ1n) is 7.72. The van der Waals surface area contributed by atoms with Gasteiger partial charge in [0.25, 0.3) is 0 Å². The van der Waals surface area contributed by atoms with Crippen LogP contribution < -0.4 is 0 Å². The number of nitrogens with zero attached hydrogens (tertiary/aromatic N) is 5. The Morgan fingerprint density at radius 2 is 2.00 bits per heavy atom. The summed E-state index contributed by atoms with van der Waals surface area (Å²) in [6, 6.07) is 12.4. The lowest BCUT2D eigenvalue weighted by Gasteiger charge is -2.13. The highest BCUT2D eigenvalue weighted by atomic mass is 15.1. The van der Waals surface area contributed by atoms with Crippen molar-refractivity contribution in [3.63, 3.8) is 0 Å². The van der Waals surface area contributed by atoms with Crippen LogP contribution in [0.5, 0.6) is 0 Å². The second-order valence-corrected chi connectivity index (χ2v) is 5.50. The number of aromatic nitrogens is 5. The Morgan fingerprint density at radius 3 is 2.83 bits per heavy atom. The monoisotopic (exact) mass is 303 g/mol. The number of pyridine rings is 1. The van der Waals surface area contributed by atoms with E-state index in [1.165, 1.54) is 0 Å². The van der Waals surface area contributed by atoms with Crippen molar-refractivity contribution in [2.45, 2.75) is 19.4 Å². The van der Waals surface area contributed by atoms with Crippen molar-refractivity contribution in [2.75, 3.05) is 0 Å². The van der Waals surface area contributed by atoms with Crippen LogP contribution in [0.15, 0.2) is 67.6 Å². The van der Waals surface area contributed by atoms with Crippen LogP contribution in [0.1, 0.15) is 25.1 Å². The molecular weight excluding hydrogens is 286 g/mol. The van der Waals surface area contributed by atoms with Crippen LogP contribution in [0.2, 0.25) is 0 Å². The normalized spacial score (nSPS) is 12.6. The molecule has 0 aliphatic carbocycles. The van der Waals surface area contributed by atoms with Gasteiger partial charge in [-0.2, -0.15) is 0 Å². The molecule has 4 rings (SSSR count). The van der Waals surface area contributed by atoms with E-state index in [4.69, 9.17) is 4.98 Å². The highest BCUT2D eigenvalue weighted by Crippen LogP contribution is 2.21. The first kappa shape index (κ1) is 13.7. The van der Waals surface area contributed by atoms with Crippen LogP contribution in [-0.4, -0.2) is 24.1 Å². The summed E-state index contributed by atoms with van der Waals surface area (Å²) >= 11 is 0. The standard InChI is InChI=1S/C18H17N5/c1-2-17(22-10-9-19-12-22)16-11-23(13-20-16)18-8-7-14-5-3-4-6-15(14)21-18/h3-13,17H,2H2,1H3. The second-order valence-electron chi connectivity index (χ2n) is 5.50. The third kappa shape index (κ3) is 2.50. The van der Waals surface area contributed by atoms with E-state index < -0.39 is 0 Å². The summed E-state index contributed by atoms with van der Waals surface area (Å²) in [7, 11) is 0. The molecule has 1 atom stereocenters. The molecule has 0 saturated carbocycles. The average molecular weight is 303 g/mol. The maximum atomic E-state index is 4.71. The predicted molar refractivity (Wildman–Crippen MR) is 89.5 cm³/mol. The molecule has 5 heteroatoms. The van der Waals surface area contributed by atoms with Crippen LogP contribution >= 0.6 is 0 Å². The van der Waals surface area contributed by atoms with E-state index in [0.29, 0.717) is 0 Å². The van der Waals surface area contributed by atoms with Gasteiger partial charge in [0, 0.05) is 24.0 Å². The van der Waals surface area contributed by atoms with Gasteiger partial charge in [-0.1, -0.05) is 25.1 Å². The molecule has 0 aliphatic rings. The zero-order valence-corrected chi connectivity index (χ0v) is 12.9. The van der Waals surface area contributed by atoms with Crippen molar-refractivity contribution in [1.29, 1.82) is 0 Å². The van der Waals surface area contributed by atoms with Gasteiger partial charge in [-0.3, -0.25) is 4.57 Å². The molecule has 1 unspecified atom stereocenters. The Kier molecular flexibility index (Phi) is 3.38. The van der Waals surface area contributed by atoms with Crippen molar-refractivity contribution in [2.24, 2.45) is 0 Å². The van der Waals surface area contributed by atoms with Gasteiger partial charge in [0.1, 0.15) is 12.1 Å². The highest BCUT2D eigenvalue weighted by Gasteiger charge is 2.14. The van der Waals surface area contributed by atoms with Crippen molar-refractivity contribution >= 4 is 10.9 Å². The van der Waals surface area contributed by atoms with Gasteiger partial charge in [-0.25, -0.2) is 15.0 Å². The van der Waals surface area contributed by atoms with Crippen molar-refractivity contribution < 1.29 is 0 Å². The van der Waals surface area contributed by atoms with E-state index in [1.54, 1.807) is 6.20 Å². The number of benzene rings is 1. The topological polar surface area (TPSA) is 48.5 Å². The Morgan fingerprint density at radius 1 is 1.09 bits per heavy atom. The predicted octanol–water partition coefficient (Wildman–Crippen LogP) is 3.62. The van der Waals surface area contributed by atoms with Crippen LogP contribution in [0.3, 0.4) is 0 Å². The van der Waals surface area contributed by atoms with E-state index in [-0.39, 0.29) is 6.04 Å².